The standard InChI is InChI=1S/2C33H60O3S.Mg/c2*1-2-3-4-5-6-7-8-9-10-11-12-13-14-15-16-17-18-19-20-21-22-23-24-25-26-28-32-29-27-30-33(31-32)37(34,35)36;/h2*27,29-31H,2-26,28H2,1H3,(H,34,35,36);/q;;+2/p-2. The van der Waals surface area contributed by atoms with Gasteiger partial charge in [-0.1, -0.05) is 346 Å². The average Bonchev–Trinajstić information content (AvgIpc) is 3.38. The van der Waals surface area contributed by atoms with Crippen LogP contribution in [0.3, 0.4) is 0 Å². The van der Waals surface area contributed by atoms with Crippen LogP contribution in [0.25, 0.3) is 0 Å². The molecule has 0 aliphatic heterocycles. The molecule has 9 heteroatoms. The Balaban J connectivity index is 0.00000144. The van der Waals surface area contributed by atoms with Crippen LogP contribution < -0.4 is 0 Å². The molecule has 0 amide bonds. The Hall–Kier alpha value is -0.974. The third-order valence-corrected chi connectivity index (χ3v) is 17.2. The number of benzene rings is 2. The molecule has 0 N–H and O–H groups in total. The van der Waals surface area contributed by atoms with Crippen molar-refractivity contribution >= 4 is 43.3 Å². The number of rotatable bonds is 54. The molecule has 2 rings (SSSR count). The second-order valence-electron chi connectivity index (χ2n) is 22.7. The quantitative estimate of drug-likeness (QED) is 0.0370. The van der Waals surface area contributed by atoms with Crippen molar-refractivity contribution in [1.82, 2.24) is 0 Å². The van der Waals surface area contributed by atoms with Crippen LogP contribution in [0.15, 0.2) is 58.3 Å². The van der Waals surface area contributed by atoms with E-state index in [1.165, 1.54) is 332 Å². The van der Waals surface area contributed by atoms with Crippen molar-refractivity contribution in [1.29, 1.82) is 0 Å². The molecule has 6 nitrogen and oxygen atoms in total. The first-order valence-corrected chi connectivity index (χ1v) is 35.0. The van der Waals surface area contributed by atoms with Gasteiger partial charge in [-0.2, -0.15) is 0 Å². The predicted molar refractivity (Wildman–Crippen MR) is 324 cm³/mol. The molecule has 0 saturated heterocycles. The summed E-state index contributed by atoms with van der Waals surface area (Å²) < 4.78 is 66.7. The Morgan fingerprint density at radius 3 is 0.587 bits per heavy atom. The minimum atomic E-state index is -4.34. The number of hydrogen-bond donors (Lipinski definition) is 0. The average molecular weight is 1100 g/mol. The molecule has 2 aromatic carbocycles. The molecule has 0 spiro atoms. The fraction of sp³-hybridized carbons (Fsp3) is 0.818. The molecular formula is C66H118MgO6S2. The minimum absolute atomic E-state index is 0. The van der Waals surface area contributed by atoms with Gasteiger partial charge in [0.15, 0.2) is 0 Å². The summed E-state index contributed by atoms with van der Waals surface area (Å²) in [6.45, 7) is 4.58. The molecule has 0 heterocycles. The normalized spacial score (nSPS) is 11.7. The Morgan fingerprint density at radius 2 is 0.427 bits per heavy atom. The van der Waals surface area contributed by atoms with Crippen molar-refractivity contribution in [3.63, 3.8) is 0 Å². The van der Waals surface area contributed by atoms with Crippen LogP contribution in [0.1, 0.15) is 346 Å². The summed E-state index contributed by atoms with van der Waals surface area (Å²) in [6.07, 6.45) is 71.2. The molecule has 0 bridgehead atoms. The summed E-state index contributed by atoms with van der Waals surface area (Å²) >= 11 is 0. The van der Waals surface area contributed by atoms with Crippen molar-refractivity contribution in [2.75, 3.05) is 0 Å². The molecule has 2 aromatic rings. The second kappa shape index (κ2) is 55.0. The maximum absolute atomic E-state index is 11.1. The van der Waals surface area contributed by atoms with E-state index in [1.807, 2.05) is 12.1 Å². The van der Waals surface area contributed by atoms with Gasteiger partial charge in [-0.3, -0.25) is 0 Å². The summed E-state index contributed by atoms with van der Waals surface area (Å²) in [5, 5.41) is 0. The van der Waals surface area contributed by atoms with E-state index >= 15 is 0 Å². The molecule has 0 atom stereocenters. The predicted octanol–water partition coefficient (Wildman–Crippen LogP) is 21.4. The van der Waals surface area contributed by atoms with E-state index in [2.05, 4.69) is 13.8 Å². The fourth-order valence-corrected chi connectivity index (χ4v) is 11.7. The zero-order valence-electron chi connectivity index (χ0n) is 49.4. The van der Waals surface area contributed by atoms with Gasteiger partial charge >= 0.3 is 23.1 Å². The van der Waals surface area contributed by atoms with Crippen LogP contribution in [-0.2, 0) is 33.1 Å². The number of hydrogen-bond acceptors (Lipinski definition) is 6. The maximum Gasteiger partial charge on any atom is 2.00 e. The second-order valence-corrected chi connectivity index (χ2v) is 25.4. The van der Waals surface area contributed by atoms with Crippen LogP contribution in [0.2, 0.25) is 0 Å². The molecule has 0 aromatic heterocycles. The summed E-state index contributed by atoms with van der Waals surface area (Å²) in [5.74, 6) is 0. The van der Waals surface area contributed by atoms with Crippen LogP contribution in [-0.4, -0.2) is 49.0 Å². The monoisotopic (exact) mass is 1090 g/mol. The zero-order valence-corrected chi connectivity index (χ0v) is 52.4. The van der Waals surface area contributed by atoms with Crippen molar-refractivity contribution in [2.24, 2.45) is 0 Å². The van der Waals surface area contributed by atoms with Gasteiger partial charge in [-0.15, -0.1) is 0 Å². The molecule has 0 unspecified atom stereocenters. The van der Waals surface area contributed by atoms with Gasteiger partial charge in [0.25, 0.3) is 0 Å². The van der Waals surface area contributed by atoms with Crippen molar-refractivity contribution in [3.8, 4) is 0 Å². The summed E-state index contributed by atoms with van der Waals surface area (Å²) in [6, 6.07) is 13.0. The smallest absolute Gasteiger partial charge is 0.744 e. The van der Waals surface area contributed by atoms with Gasteiger partial charge in [-0.25, -0.2) is 16.8 Å². The van der Waals surface area contributed by atoms with Gasteiger partial charge in [0, 0.05) is 0 Å². The Morgan fingerprint density at radius 1 is 0.267 bits per heavy atom. The van der Waals surface area contributed by atoms with E-state index in [1.54, 1.807) is 12.1 Å². The fourth-order valence-electron chi connectivity index (χ4n) is 10.6. The molecule has 0 aliphatic carbocycles. The summed E-state index contributed by atoms with van der Waals surface area (Å²) in [5.41, 5.74) is 1.90. The van der Waals surface area contributed by atoms with Gasteiger partial charge in [0.05, 0.1) is 9.79 Å². The molecule has 75 heavy (non-hydrogen) atoms. The van der Waals surface area contributed by atoms with Gasteiger partial charge in [0.2, 0.25) is 0 Å². The first-order valence-electron chi connectivity index (χ1n) is 32.2. The van der Waals surface area contributed by atoms with Crippen molar-refractivity contribution < 1.29 is 25.9 Å². The minimum Gasteiger partial charge on any atom is -0.744 e. The topological polar surface area (TPSA) is 114 Å². The van der Waals surface area contributed by atoms with Crippen LogP contribution in [0.5, 0.6) is 0 Å². The maximum atomic E-state index is 11.1. The Labute approximate surface area is 483 Å². The third-order valence-electron chi connectivity index (χ3n) is 15.5. The first-order chi connectivity index (χ1) is 36.1. The molecule has 0 saturated carbocycles. The Kier molecular flexibility index (Phi) is 54.2. The molecule has 432 valence electrons. The largest absolute Gasteiger partial charge is 2.00 e. The van der Waals surface area contributed by atoms with Crippen molar-refractivity contribution in [2.45, 2.75) is 358 Å². The first kappa shape index (κ1) is 74.0. The molecule has 0 fully saturated rings. The van der Waals surface area contributed by atoms with E-state index in [0.29, 0.717) is 0 Å². The van der Waals surface area contributed by atoms with E-state index < -0.39 is 20.2 Å². The van der Waals surface area contributed by atoms with Gasteiger partial charge in [-0.05, 0) is 61.1 Å². The van der Waals surface area contributed by atoms with E-state index in [0.717, 1.165) is 36.8 Å². The van der Waals surface area contributed by atoms with Gasteiger partial charge < -0.3 is 9.11 Å². The number of unbranched alkanes of at least 4 members (excludes halogenated alkanes) is 48. The summed E-state index contributed by atoms with van der Waals surface area (Å²) in [4.78, 5) is -0.214. The van der Waals surface area contributed by atoms with Crippen LogP contribution >= 0.6 is 0 Å². The van der Waals surface area contributed by atoms with E-state index in [9.17, 15) is 25.9 Å². The van der Waals surface area contributed by atoms with E-state index in [4.69, 9.17) is 0 Å². The molecule has 0 aliphatic rings. The molecular weight excluding hydrogens is 977 g/mol. The van der Waals surface area contributed by atoms with E-state index in [-0.39, 0.29) is 32.8 Å². The van der Waals surface area contributed by atoms with Crippen LogP contribution in [0, 0.1) is 0 Å². The Bertz CT molecular complexity index is 1590. The zero-order chi connectivity index (χ0) is 53.7. The van der Waals surface area contributed by atoms with Gasteiger partial charge in [0.1, 0.15) is 20.2 Å². The molecule has 0 radical (unpaired) electrons. The third kappa shape index (κ3) is 51.0. The van der Waals surface area contributed by atoms with Crippen LogP contribution in [0.4, 0.5) is 0 Å². The SMILES string of the molecule is CCCCCCCCCCCCCCCCCCCCCCCCCCCc1cccc(S(=O)(=O)[O-])c1.CCCCCCCCCCCCCCCCCCCCCCCCCCCc1cccc(S(=O)(=O)[O-])c1.[Mg+2]. The van der Waals surface area contributed by atoms with Crippen molar-refractivity contribution in [3.05, 3.63) is 59.7 Å². The summed E-state index contributed by atoms with van der Waals surface area (Å²) in [7, 11) is -8.69. The number of aryl methyl sites for hydroxylation is 2.